The Hall–Kier alpha value is -2.52. The number of hydrogen-bond acceptors (Lipinski definition) is 12. The van der Waals surface area contributed by atoms with Gasteiger partial charge in [-0.05, 0) is 89.0 Å². The van der Waals surface area contributed by atoms with E-state index in [0.29, 0.717) is 50.5 Å². The lowest BCUT2D eigenvalue weighted by Crippen LogP contribution is -2.64. The van der Waals surface area contributed by atoms with Gasteiger partial charge in [0.15, 0.2) is 0 Å². The van der Waals surface area contributed by atoms with Gasteiger partial charge in [0.05, 0.1) is 30.5 Å². The maximum atomic E-state index is 14.2. The number of fused-ring (bicyclic) bond motifs is 3. The number of ether oxygens (including phenoxy) is 5. The fraction of sp³-hybridized carbons (Fsp3) is 0.805. The van der Waals surface area contributed by atoms with Crippen molar-refractivity contribution in [1.82, 2.24) is 4.90 Å². The summed E-state index contributed by atoms with van der Waals surface area (Å²) >= 11 is 0. The molecule has 3 heterocycles. The second kappa shape index (κ2) is 19.6. The number of aliphatic hydroxyl groups is 3. The van der Waals surface area contributed by atoms with E-state index in [9.17, 15) is 34.5 Å². The van der Waals surface area contributed by atoms with Crippen LogP contribution in [0.1, 0.15) is 105 Å². The number of aliphatic hydroxyl groups excluding tert-OH is 2. The third-order valence-electron chi connectivity index (χ3n) is 12.3. The molecule has 2 bridgehead atoms. The Bertz CT molecular complexity index is 1380. The molecule has 4 rings (SSSR count). The number of allylic oxidation sites excluding steroid dienone is 3. The van der Waals surface area contributed by atoms with Crippen molar-refractivity contribution in [1.29, 1.82) is 0 Å². The Kier molecular flexibility index (Phi) is 16.0. The van der Waals surface area contributed by atoms with Crippen LogP contribution in [0.4, 0.5) is 0 Å². The normalized spacial score (nSPS) is 40.3. The van der Waals surface area contributed by atoms with Gasteiger partial charge in [-0.2, -0.15) is 0 Å². The van der Waals surface area contributed by atoms with Crippen LogP contribution in [0.15, 0.2) is 23.3 Å². The molecule has 0 spiro atoms. The van der Waals surface area contributed by atoms with Crippen LogP contribution in [-0.2, 0) is 42.9 Å². The number of esters is 1. The zero-order valence-corrected chi connectivity index (χ0v) is 33.5. The topological polar surface area (TPSA) is 178 Å². The van der Waals surface area contributed by atoms with Crippen LogP contribution < -0.4 is 0 Å². The predicted octanol–water partition coefficient (Wildman–Crippen LogP) is 3.84. The van der Waals surface area contributed by atoms with Crippen LogP contribution in [0, 0.1) is 23.7 Å². The molecule has 3 aliphatic heterocycles. The van der Waals surface area contributed by atoms with E-state index < -0.39 is 77.9 Å². The highest BCUT2D eigenvalue weighted by molar-refractivity contribution is 6.39. The number of rotatable bonds is 5. The highest BCUT2D eigenvalue weighted by Crippen LogP contribution is 2.39. The molecule has 3 fully saturated rings. The van der Waals surface area contributed by atoms with Gasteiger partial charge < -0.3 is 43.9 Å². The van der Waals surface area contributed by atoms with Crippen molar-refractivity contribution < 1.29 is 58.2 Å². The Morgan fingerprint density at radius 3 is 2.22 bits per heavy atom. The second-order valence-corrected chi connectivity index (χ2v) is 16.5. The van der Waals surface area contributed by atoms with Crippen LogP contribution in [0.2, 0.25) is 0 Å². The first-order chi connectivity index (χ1) is 25.5. The van der Waals surface area contributed by atoms with Gasteiger partial charge in [-0.15, -0.1) is 0 Å². The lowest BCUT2D eigenvalue weighted by Gasteiger charge is -2.47. The van der Waals surface area contributed by atoms with Crippen molar-refractivity contribution in [2.45, 2.75) is 160 Å². The molecule has 13 atom stereocenters. The Labute approximate surface area is 320 Å². The van der Waals surface area contributed by atoms with E-state index in [-0.39, 0.29) is 56.0 Å². The average molecular weight is 764 g/mol. The van der Waals surface area contributed by atoms with E-state index in [1.807, 2.05) is 32.9 Å². The van der Waals surface area contributed by atoms with E-state index in [2.05, 4.69) is 0 Å². The summed E-state index contributed by atoms with van der Waals surface area (Å²) in [7, 11) is 4.61. The molecule has 0 aromatic carbocycles. The quantitative estimate of drug-likeness (QED) is 0.210. The summed E-state index contributed by atoms with van der Waals surface area (Å²) < 4.78 is 29.6. The van der Waals surface area contributed by atoms with Gasteiger partial charge in [0.25, 0.3) is 11.7 Å². The van der Waals surface area contributed by atoms with Crippen molar-refractivity contribution in [3.05, 3.63) is 23.3 Å². The molecule has 3 N–H and O–H groups in total. The number of nitrogens with zero attached hydrogens (tertiary/aromatic N) is 1. The summed E-state index contributed by atoms with van der Waals surface area (Å²) in [5.74, 6) is -7.07. The standard InChI is InChI=1S/C41H65NO12/c1-23-12-14-29(43)22-32(45)27(5)36(25(3)19-28-13-15-31(44)33(21-28)50-6)53-40(48)30-11-9-10-16-42(30)39(47)38(46)41(49)26(4)20-35(52-8)37(54-41)34(51-7)18-24(2)17-23/h12,19,24,26-28,30-37,44-45,49H,9-11,13-18,20-22H2,1-8H3. The lowest BCUT2D eigenvalue weighted by molar-refractivity contribution is -0.302. The third-order valence-corrected chi connectivity index (χ3v) is 12.3. The van der Waals surface area contributed by atoms with Crippen LogP contribution in [0.3, 0.4) is 0 Å². The predicted molar refractivity (Wildman–Crippen MR) is 199 cm³/mol. The molecule has 13 unspecified atom stereocenters. The molecule has 1 saturated carbocycles. The van der Waals surface area contributed by atoms with Gasteiger partial charge in [-0.3, -0.25) is 14.4 Å². The van der Waals surface area contributed by atoms with Crippen molar-refractivity contribution in [3.8, 4) is 0 Å². The minimum atomic E-state index is -2.49. The monoisotopic (exact) mass is 763 g/mol. The number of amides is 1. The molecule has 54 heavy (non-hydrogen) atoms. The largest absolute Gasteiger partial charge is 0.456 e. The highest BCUT2D eigenvalue weighted by Gasteiger charge is 2.56. The Balaban J connectivity index is 1.72. The van der Waals surface area contributed by atoms with Crippen molar-refractivity contribution >= 4 is 23.4 Å². The molecule has 13 heteroatoms. The van der Waals surface area contributed by atoms with Crippen LogP contribution in [0.5, 0.6) is 0 Å². The first kappa shape index (κ1) is 44.2. The maximum Gasteiger partial charge on any atom is 0.329 e. The smallest absolute Gasteiger partial charge is 0.329 e. The van der Waals surface area contributed by atoms with Crippen LogP contribution >= 0.6 is 0 Å². The van der Waals surface area contributed by atoms with E-state index in [0.717, 1.165) is 5.57 Å². The second-order valence-electron chi connectivity index (χ2n) is 16.5. The lowest BCUT2D eigenvalue weighted by atomic mass is 9.82. The van der Waals surface area contributed by atoms with Crippen molar-refractivity contribution in [3.63, 3.8) is 0 Å². The molecule has 0 radical (unpaired) electrons. The molecular weight excluding hydrogens is 698 g/mol. The summed E-state index contributed by atoms with van der Waals surface area (Å²) in [6.07, 6.45) is 3.27. The molecule has 0 aromatic heterocycles. The molecule has 13 nitrogen and oxygen atoms in total. The minimum absolute atomic E-state index is 0.00603. The van der Waals surface area contributed by atoms with Crippen LogP contribution in [-0.4, -0.2) is 126 Å². The van der Waals surface area contributed by atoms with Gasteiger partial charge in [-0.25, -0.2) is 4.79 Å². The Morgan fingerprint density at radius 1 is 0.889 bits per heavy atom. The summed E-state index contributed by atoms with van der Waals surface area (Å²) in [6, 6.07) is -1.13. The first-order valence-electron chi connectivity index (χ1n) is 19.8. The molecule has 4 aliphatic rings. The number of piperidine rings is 1. The number of hydrogen-bond donors (Lipinski definition) is 3. The molecule has 1 amide bonds. The maximum absolute atomic E-state index is 14.2. The molecule has 1 aliphatic carbocycles. The summed E-state index contributed by atoms with van der Waals surface area (Å²) in [4.78, 5) is 56.9. The summed E-state index contributed by atoms with van der Waals surface area (Å²) in [5.41, 5.74) is 1.64. The van der Waals surface area contributed by atoms with Gasteiger partial charge in [0.2, 0.25) is 5.79 Å². The fourth-order valence-corrected chi connectivity index (χ4v) is 8.87. The summed E-state index contributed by atoms with van der Waals surface area (Å²) in [5, 5.41) is 33.8. The number of methoxy groups -OCH3 is 3. The van der Waals surface area contributed by atoms with Crippen LogP contribution in [0.25, 0.3) is 0 Å². The third kappa shape index (κ3) is 10.5. The molecule has 0 aromatic rings. The number of carbonyl (C=O) groups is 4. The van der Waals surface area contributed by atoms with Gasteiger partial charge >= 0.3 is 5.97 Å². The highest BCUT2D eigenvalue weighted by atomic mass is 16.7. The molecular formula is C41H65NO12. The number of carbonyl (C=O) groups excluding carboxylic acids is 4. The van der Waals surface area contributed by atoms with Gasteiger partial charge in [-0.1, -0.05) is 38.5 Å². The Morgan fingerprint density at radius 2 is 1.56 bits per heavy atom. The molecule has 306 valence electrons. The zero-order valence-electron chi connectivity index (χ0n) is 33.5. The van der Waals surface area contributed by atoms with E-state index >= 15 is 0 Å². The SMILES string of the molecule is COC1CC(C=C(C)C2OC(=O)C3CCCCN3C(=O)C(=O)C3(O)OC(C(OC)CC(C)CC(C)=CCC(=O)CC(O)C2C)C(OC)CC3C)CCC1O. The van der Waals surface area contributed by atoms with E-state index in [1.54, 1.807) is 21.0 Å². The average Bonchev–Trinajstić information content (AvgIpc) is 3.15. The van der Waals surface area contributed by atoms with Gasteiger partial charge in [0.1, 0.15) is 24.0 Å². The zero-order chi connectivity index (χ0) is 39.9. The van der Waals surface area contributed by atoms with Crippen molar-refractivity contribution in [2.24, 2.45) is 23.7 Å². The molecule has 2 saturated heterocycles. The number of cyclic esters (lactones) is 1. The first-order valence-corrected chi connectivity index (χ1v) is 19.8. The van der Waals surface area contributed by atoms with Gasteiger partial charge in [0, 0.05) is 52.6 Å². The number of Topliss-reactive ketones (excluding diaryl/α,β-unsaturated/α-hetero) is 2. The number of ketones is 2. The fourth-order valence-electron chi connectivity index (χ4n) is 8.87. The summed E-state index contributed by atoms with van der Waals surface area (Å²) in [6.45, 7) is 9.25. The van der Waals surface area contributed by atoms with E-state index in [4.69, 9.17) is 23.7 Å². The minimum Gasteiger partial charge on any atom is -0.456 e. The van der Waals surface area contributed by atoms with Crippen molar-refractivity contribution in [2.75, 3.05) is 27.9 Å². The van der Waals surface area contributed by atoms with E-state index in [1.165, 1.54) is 19.1 Å².